The van der Waals surface area contributed by atoms with Crippen LogP contribution in [-0.2, 0) is 13.1 Å². The van der Waals surface area contributed by atoms with Crippen LogP contribution in [0, 0.1) is 0 Å². The lowest BCUT2D eigenvalue weighted by Crippen LogP contribution is -2.17. The second-order valence-electron chi connectivity index (χ2n) is 5.99. The highest BCUT2D eigenvalue weighted by molar-refractivity contribution is 5.47. The Hall–Kier alpha value is -2.99. The summed E-state index contributed by atoms with van der Waals surface area (Å²) < 4.78 is 10.8. The summed E-state index contributed by atoms with van der Waals surface area (Å²) in [6, 6.07) is 11.8. The fourth-order valence-corrected chi connectivity index (χ4v) is 2.78. The van der Waals surface area contributed by atoms with E-state index in [1.54, 1.807) is 6.20 Å². The highest BCUT2D eigenvalue weighted by Gasteiger charge is 2.14. The monoisotopic (exact) mass is 334 g/mol. The van der Waals surface area contributed by atoms with Gasteiger partial charge in [0.15, 0.2) is 17.3 Å². The van der Waals surface area contributed by atoms with Crippen molar-refractivity contribution in [3.8, 4) is 23.0 Å². The van der Waals surface area contributed by atoms with E-state index >= 15 is 0 Å². The number of hydrogen-bond donors (Lipinski definition) is 0. The molecule has 25 heavy (non-hydrogen) atoms. The normalized spacial score (nSPS) is 12.6. The van der Waals surface area contributed by atoms with Gasteiger partial charge in [0.1, 0.15) is 5.69 Å². The number of aromatic nitrogens is 3. The molecule has 3 aromatic rings. The van der Waals surface area contributed by atoms with E-state index < -0.39 is 0 Å². The van der Waals surface area contributed by atoms with Crippen molar-refractivity contribution in [3.63, 3.8) is 0 Å². The van der Waals surface area contributed by atoms with Gasteiger partial charge in [0, 0.05) is 37.2 Å². The summed E-state index contributed by atoms with van der Waals surface area (Å²) in [7, 11) is 2.07. The van der Waals surface area contributed by atoms with Crippen molar-refractivity contribution in [2.24, 2.45) is 0 Å². The van der Waals surface area contributed by atoms with Gasteiger partial charge in [0.05, 0.1) is 0 Å². The topological polar surface area (TPSA) is 60.4 Å². The maximum Gasteiger partial charge on any atom is 0.231 e. The molecule has 0 radical (unpaired) electrons. The van der Waals surface area contributed by atoms with Gasteiger partial charge in [0.2, 0.25) is 6.79 Å². The van der Waals surface area contributed by atoms with Crippen LogP contribution in [0.1, 0.15) is 11.1 Å². The van der Waals surface area contributed by atoms with Crippen molar-refractivity contribution in [3.05, 3.63) is 66.1 Å². The Balaban J connectivity index is 1.40. The third-order valence-electron chi connectivity index (χ3n) is 3.94. The molecule has 2 aromatic heterocycles. The van der Waals surface area contributed by atoms with E-state index in [-0.39, 0.29) is 0 Å². The molecule has 0 saturated carbocycles. The molecule has 0 unspecified atom stereocenters. The van der Waals surface area contributed by atoms with Crippen LogP contribution in [0.3, 0.4) is 0 Å². The maximum atomic E-state index is 5.43. The molecule has 4 rings (SSSR count). The number of rotatable bonds is 5. The molecule has 3 heterocycles. The van der Waals surface area contributed by atoms with Gasteiger partial charge in [-0.2, -0.15) is 0 Å². The highest BCUT2D eigenvalue weighted by atomic mass is 16.7. The average Bonchev–Trinajstić information content (AvgIpc) is 3.11. The summed E-state index contributed by atoms with van der Waals surface area (Å²) in [5.41, 5.74) is 3.02. The number of pyridine rings is 1. The fourth-order valence-electron chi connectivity index (χ4n) is 2.78. The van der Waals surface area contributed by atoms with E-state index in [1.165, 1.54) is 5.56 Å². The number of hydrogen-bond acceptors (Lipinski definition) is 6. The van der Waals surface area contributed by atoms with Gasteiger partial charge in [-0.15, -0.1) is 0 Å². The fraction of sp³-hybridized carbons (Fsp3) is 0.211. The van der Waals surface area contributed by atoms with Crippen LogP contribution in [0.25, 0.3) is 11.5 Å². The summed E-state index contributed by atoms with van der Waals surface area (Å²) >= 11 is 0. The highest BCUT2D eigenvalue weighted by Crippen LogP contribution is 2.32. The Labute approximate surface area is 146 Å². The zero-order valence-corrected chi connectivity index (χ0v) is 13.9. The molecule has 1 aromatic carbocycles. The molecule has 1 aliphatic heterocycles. The summed E-state index contributed by atoms with van der Waals surface area (Å²) in [6.07, 6.45) is 5.45. The first-order valence-electron chi connectivity index (χ1n) is 8.07. The standard InChI is InChI=1S/C19H18N4O2/c1-23(11-14-5-6-17-18(8-14)25-13-24-17)12-15-9-21-19(22-10-15)16-4-2-3-7-20-16/h2-10H,11-13H2,1H3. The number of benzene rings is 1. The summed E-state index contributed by atoms with van der Waals surface area (Å²) in [6.45, 7) is 1.87. The molecule has 0 bridgehead atoms. The van der Waals surface area contributed by atoms with Crippen LogP contribution in [0.15, 0.2) is 55.0 Å². The van der Waals surface area contributed by atoms with E-state index in [0.717, 1.165) is 35.8 Å². The maximum absolute atomic E-state index is 5.43. The minimum Gasteiger partial charge on any atom is -0.454 e. The molecule has 0 amide bonds. The quantitative estimate of drug-likeness (QED) is 0.715. The van der Waals surface area contributed by atoms with E-state index in [1.807, 2.05) is 42.7 Å². The smallest absolute Gasteiger partial charge is 0.231 e. The molecule has 6 heteroatoms. The second kappa shape index (κ2) is 6.86. The van der Waals surface area contributed by atoms with Gasteiger partial charge in [-0.1, -0.05) is 12.1 Å². The van der Waals surface area contributed by atoms with Crippen molar-refractivity contribution < 1.29 is 9.47 Å². The van der Waals surface area contributed by atoms with Gasteiger partial charge >= 0.3 is 0 Å². The lowest BCUT2D eigenvalue weighted by Gasteiger charge is -2.16. The first kappa shape index (κ1) is 15.5. The van der Waals surface area contributed by atoms with Crippen LogP contribution in [0.4, 0.5) is 0 Å². The minimum absolute atomic E-state index is 0.300. The summed E-state index contributed by atoms with van der Waals surface area (Å²) in [5, 5.41) is 0. The molecule has 0 atom stereocenters. The average molecular weight is 334 g/mol. The van der Waals surface area contributed by atoms with Crippen molar-refractivity contribution in [1.82, 2.24) is 19.9 Å². The Morgan fingerprint density at radius 3 is 2.52 bits per heavy atom. The molecule has 1 aliphatic rings. The van der Waals surface area contributed by atoms with Crippen LogP contribution in [0.5, 0.6) is 11.5 Å². The van der Waals surface area contributed by atoms with Gasteiger partial charge in [-0.05, 0) is 36.9 Å². The second-order valence-corrected chi connectivity index (χ2v) is 5.99. The molecule has 126 valence electrons. The molecule has 6 nitrogen and oxygen atoms in total. The number of fused-ring (bicyclic) bond motifs is 1. The van der Waals surface area contributed by atoms with E-state index in [0.29, 0.717) is 12.6 Å². The predicted octanol–water partition coefficient (Wildman–Crippen LogP) is 2.90. The lowest BCUT2D eigenvalue weighted by atomic mass is 10.2. The number of ether oxygens (including phenoxy) is 2. The SMILES string of the molecule is CN(Cc1cnc(-c2ccccn2)nc1)Cc1ccc2c(c1)OCO2. The molecular weight excluding hydrogens is 316 g/mol. The van der Waals surface area contributed by atoms with Gasteiger partial charge in [-0.3, -0.25) is 9.88 Å². The van der Waals surface area contributed by atoms with Gasteiger partial charge in [0.25, 0.3) is 0 Å². The van der Waals surface area contributed by atoms with Crippen molar-refractivity contribution in [2.75, 3.05) is 13.8 Å². The first-order valence-corrected chi connectivity index (χ1v) is 8.07. The molecule has 0 N–H and O–H groups in total. The van der Waals surface area contributed by atoms with Crippen LogP contribution in [0.2, 0.25) is 0 Å². The minimum atomic E-state index is 0.300. The van der Waals surface area contributed by atoms with Crippen molar-refractivity contribution in [2.45, 2.75) is 13.1 Å². The zero-order valence-electron chi connectivity index (χ0n) is 13.9. The molecule has 0 fully saturated rings. The zero-order chi connectivity index (χ0) is 17.1. The van der Waals surface area contributed by atoms with E-state index in [9.17, 15) is 0 Å². The summed E-state index contributed by atoms with van der Waals surface area (Å²) in [4.78, 5) is 15.3. The Kier molecular flexibility index (Phi) is 4.26. The largest absolute Gasteiger partial charge is 0.454 e. The molecule has 0 saturated heterocycles. The Bertz CT molecular complexity index is 853. The first-order chi connectivity index (χ1) is 12.3. The third-order valence-corrected chi connectivity index (χ3v) is 3.94. The van der Waals surface area contributed by atoms with Crippen molar-refractivity contribution in [1.29, 1.82) is 0 Å². The van der Waals surface area contributed by atoms with Crippen LogP contribution < -0.4 is 9.47 Å². The van der Waals surface area contributed by atoms with Crippen LogP contribution >= 0.6 is 0 Å². The Morgan fingerprint density at radius 1 is 0.920 bits per heavy atom. The molecular formula is C19H18N4O2. The van der Waals surface area contributed by atoms with Gasteiger partial charge in [-0.25, -0.2) is 9.97 Å². The predicted molar refractivity (Wildman–Crippen MR) is 93.0 cm³/mol. The Morgan fingerprint density at radius 2 is 1.72 bits per heavy atom. The third kappa shape index (κ3) is 3.59. The van der Waals surface area contributed by atoms with Crippen molar-refractivity contribution >= 4 is 0 Å². The summed E-state index contributed by atoms with van der Waals surface area (Å²) in [5.74, 6) is 2.27. The molecule has 0 aliphatic carbocycles. The molecule has 0 spiro atoms. The number of nitrogens with zero attached hydrogens (tertiary/aromatic N) is 4. The lowest BCUT2D eigenvalue weighted by molar-refractivity contribution is 0.174. The van der Waals surface area contributed by atoms with Crippen LogP contribution in [-0.4, -0.2) is 33.7 Å². The van der Waals surface area contributed by atoms with Gasteiger partial charge < -0.3 is 9.47 Å². The van der Waals surface area contributed by atoms with E-state index in [2.05, 4.69) is 33.0 Å². The van der Waals surface area contributed by atoms with E-state index in [4.69, 9.17) is 9.47 Å².